The quantitative estimate of drug-likeness (QED) is 0.852. The van der Waals surface area contributed by atoms with Crippen LogP contribution in [0.15, 0.2) is 48.5 Å². The molecule has 6 heteroatoms. The van der Waals surface area contributed by atoms with Gasteiger partial charge in [0.25, 0.3) is 5.91 Å². The van der Waals surface area contributed by atoms with Crippen molar-refractivity contribution in [2.24, 2.45) is 5.92 Å². The van der Waals surface area contributed by atoms with E-state index in [0.717, 1.165) is 11.6 Å². The predicted octanol–water partition coefficient (Wildman–Crippen LogP) is 3.15. The van der Waals surface area contributed by atoms with E-state index < -0.39 is 23.6 Å². The average Bonchev–Trinajstić information content (AvgIpc) is 2.51. The summed E-state index contributed by atoms with van der Waals surface area (Å²) in [6.45, 7) is -0.0921. The standard InChI is InChI=1S/C17H15ClFNO3/c18-13-6-7-14(15(19)9-13)16(21)20-10-12(17(22)23)8-11-4-2-1-3-5-11/h1-7,9,12H,8,10H2,(H,20,21)(H,22,23). The van der Waals surface area contributed by atoms with Crippen molar-refractivity contribution in [3.63, 3.8) is 0 Å². The fourth-order valence-electron chi connectivity index (χ4n) is 2.13. The van der Waals surface area contributed by atoms with Gasteiger partial charge in [0.1, 0.15) is 5.82 Å². The van der Waals surface area contributed by atoms with Crippen LogP contribution in [-0.4, -0.2) is 23.5 Å². The summed E-state index contributed by atoms with van der Waals surface area (Å²) in [7, 11) is 0. The minimum absolute atomic E-state index is 0.0921. The van der Waals surface area contributed by atoms with E-state index in [1.807, 2.05) is 30.3 Å². The third kappa shape index (κ3) is 4.79. The van der Waals surface area contributed by atoms with Crippen molar-refractivity contribution in [1.82, 2.24) is 5.32 Å². The monoisotopic (exact) mass is 335 g/mol. The Bertz CT molecular complexity index is 706. The Hall–Kier alpha value is -2.40. The summed E-state index contributed by atoms with van der Waals surface area (Å²) >= 11 is 5.63. The third-order valence-electron chi connectivity index (χ3n) is 3.36. The molecule has 0 aliphatic heterocycles. The molecule has 23 heavy (non-hydrogen) atoms. The molecule has 1 amide bonds. The van der Waals surface area contributed by atoms with Crippen LogP contribution in [0.2, 0.25) is 5.02 Å². The van der Waals surface area contributed by atoms with E-state index in [4.69, 9.17) is 11.6 Å². The first-order valence-electron chi connectivity index (χ1n) is 6.97. The molecule has 2 aromatic carbocycles. The Labute approximate surface area is 137 Å². The van der Waals surface area contributed by atoms with Gasteiger partial charge in [-0.3, -0.25) is 9.59 Å². The number of hydrogen-bond donors (Lipinski definition) is 2. The number of nitrogens with one attached hydrogen (secondary N) is 1. The van der Waals surface area contributed by atoms with Crippen LogP contribution < -0.4 is 5.32 Å². The fraction of sp³-hybridized carbons (Fsp3) is 0.176. The van der Waals surface area contributed by atoms with Gasteiger partial charge >= 0.3 is 5.97 Å². The van der Waals surface area contributed by atoms with Crippen LogP contribution in [0.3, 0.4) is 0 Å². The summed E-state index contributed by atoms with van der Waals surface area (Å²) in [5.41, 5.74) is 0.685. The number of carboxylic acid groups (broad SMARTS) is 1. The molecule has 0 aliphatic rings. The fourth-order valence-corrected chi connectivity index (χ4v) is 2.29. The largest absolute Gasteiger partial charge is 0.481 e. The normalized spacial score (nSPS) is 11.7. The smallest absolute Gasteiger partial charge is 0.308 e. The van der Waals surface area contributed by atoms with Gasteiger partial charge in [0.15, 0.2) is 0 Å². The molecule has 0 heterocycles. The zero-order valence-corrected chi connectivity index (χ0v) is 12.9. The number of benzene rings is 2. The molecule has 120 valence electrons. The molecule has 0 saturated carbocycles. The molecule has 0 saturated heterocycles. The Morgan fingerprint density at radius 1 is 1.17 bits per heavy atom. The lowest BCUT2D eigenvalue weighted by Crippen LogP contribution is -2.34. The number of aliphatic carboxylic acids is 1. The minimum atomic E-state index is -1.02. The molecule has 2 N–H and O–H groups in total. The van der Waals surface area contributed by atoms with E-state index in [9.17, 15) is 19.1 Å². The molecule has 0 bridgehead atoms. The number of amides is 1. The Kier molecular flexibility index (Phi) is 5.71. The van der Waals surface area contributed by atoms with Gasteiger partial charge in [0.05, 0.1) is 11.5 Å². The molecule has 0 aliphatic carbocycles. The number of carboxylic acids is 1. The van der Waals surface area contributed by atoms with E-state index in [1.54, 1.807) is 0 Å². The predicted molar refractivity (Wildman–Crippen MR) is 85.0 cm³/mol. The highest BCUT2D eigenvalue weighted by atomic mass is 35.5. The Morgan fingerprint density at radius 2 is 1.87 bits per heavy atom. The van der Waals surface area contributed by atoms with Crippen LogP contribution in [0, 0.1) is 11.7 Å². The van der Waals surface area contributed by atoms with Crippen molar-refractivity contribution in [2.75, 3.05) is 6.54 Å². The van der Waals surface area contributed by atoms with Gasteiger partial charge in [0, 0.05) is 11.6 Å². The summed E-state index contributed by atoms with van der Waals surface area (Å²) in [6, 6.07) is 12.8. The van der Waals surface area contributed by atoms with Crippen molar-refractivity contribution in [3.05, 3.63) is 70.5 Å². The lowest BCUT2D eigenvalue weighted by atomic mass is 9.99. The summed E-state index contributed by atoms with van der Waals surface area (Å²) in [4.78, 5) is 23.3. The second kappa shape index (κ2) is 7.74. The lowest BCUT2D eigenvalue weighted by Gasteiger charge is -2.14. The molecule has 4 nitrogen and oxygen atoms in total. The van der Waals surface area contributed by atoms with E-state index >= 15 is 0 Å². The maximum Gasteiger partial charge on any atom is 0.308 e. The number of rotatable bonds is 6. The van der Waals surface area contributed by atoms with E-state index in [-0.39, 0.29) is 23.6 Å². The molecule has 0 aromatic heterocycles. The first-order valence-corrected chi connectivity index (χ1v) is 7.35. The minimum Gasteiger partial charge on any atom is -0.481 e. The van der Waals surface area contributed by atoms with Gasteiger partial charge in [0.2, 0.25) is 0 Å². The number of halogens is 2. The molecule has 2 rings (SSSR count). The van der Waals surface area contributed by atoms with E-state index in [2.05, 4.69) is 5.32 Å². The highest BCUT2D eigenvalue weighted by molar-refractivity contribution is 6.30. The van der Waals surface area contributed by atoms with Crippen LogP contribution in [0.1, 0.15) is 15.9 Å². The second-order valence-corrected chi connectivity index (χ2v) is 5.50. The topological polar surface area (TPSA) is 66.4 Å². The van der Waals surface area contributed by atoms with Crippen LogP contribution in [-0.2, 0) is 11.2 Å². The lowest BCUT2D eigenvalue weighted by molar-refractivity contribution is -0.141. The number of hydrogen-bond acceptors (Lipinski definition) is 2. The average molecular weight is 336 g/mol. The molecule has 2 aromatic rings. The third-order valence-corrected chi connectivity index (χ3v) is 3.59. The number of carbonyl (C=O) groups excluding carboxylic acids is 1. The Balaban J connectivity index is 2.01. The molecule has 1 atom stereocenters. The molecule has 0 fully saturated rings. The summed E-state index contributed by atoms with van der Waals surface area (Å²) < 4.78 is 13.7. The molecular formula is C17H15ClFNO3. The summed E-state index contributed by atoms with van der Waals surface area (Å²) in [5, 5.41) is 11.9. The van der Waals surface area contributed by atoms with Gasteiger partial charge in [-0.15, -0.1) is 0 Å². The first kappa shape index (κ1) is 17.0. The van der Waals surface area contributed by atoms with Crippen LogP contribution in [0.25, 0.3) is 0 Å². The maximum absolute atomic E-state index is 13.7. The van der Waals surface area contributed by atoms with Gasteiger partial charge < -0.3 is 10.4 Å². The molecule has 1 unspecified atom stereocenters. The summed E-state index contributed by atoms with van der Waals surface area (Å²) in [6.07, 6.45) is 0.277. The van der Waals surface area contributed by atoms with Crippen molar-refractivity contribution in [2.45, 2.75) is 6.42 Å². The van der Waals surface area contributed by atoms with Gasteiger partial charge in [-0.25, -0.2) is 4.39 Å². The van der Waals surface area contributed by atoms with Crippen molar-refractivity contribution < 1.29 is 19.1 Å². The van der Waals surface area contributed by atoms with Crippen molar-refractivity contribution >= 4 is 23.5 Å². The SMILES string of the molecule is O=C(NCC(Cc1ccccc1)C(=O)O)c1ccc(Cl)cc1F. The highest BCUT2D eigenvalue weighted by Gasteiger charge is 2.20. The second-order valence-electron chi connectivity index (χ2n) is 5.06. The van der Waals surface area contributed by atoms with Crippen molar-refractivity contribution in [3.8, 4) is 0 Å². The highest BCUT2D eigenvalue weighted by Crippen LogP contribution is 2.15. The van der Waals surface area contributed by atoms with Crippen LogP contribution in [0.4, 0.5) is 4.39 Å². The van der Waals surface area contributed by atoms with Gasteiger partial charge in [-0.05, 0) is 30.2 Å². The molecular weight excluding hydrogens is 321 g/mol. The zero-order chi connectivity index (χ0) is 16.8. The van der Waals surface area contributed by atoms with E-state index in [0.29, 0.717) is 0 Å². The first-order chi connectivity index (χ1) is 11.0. The van der Waals surface area contributed by atoms with Gasteiger partial charge in [-0.2, -0.15) is 0 Å². The van der Waals surface area contributed by atoms with Crippen LogP contribution in [0.5, 0.6) is 0 Å². The zero-order valence-electron chi connectivity index (χ0n) is 12.1. The van der Waals surface area contributed by atoms with Crippen LogP contribution >= 0.6 is 11.6 Å². The molecule has 0 spiro atoms. The van der Waals surface area contributed by atoms with E-state index in [1.165, 1.54) is 12.1 Å². The molecule has 0 radical (unpaired) electrons. The van der Waals surface area contributed by atoms with Crippen molar-refractivity contribution in [1.29, 1.82) is 0 Å². The van der Waals surface area contributed by atoms with Gasteiger partial charge in [-0.1, -0.05) is 41.9 Å². The summed E-state index contributed by atoms with van der Waals surface area (Å²) in [5.74, 6) is -3.23. The maximum atomic E-state index is 13.7. The number of carbonyl (C=O) groups is 2. The Morgan fingerprint density at radius 3 is 2.48 bits per heavy atom.